The van der Waals surface area contributed by atoms with Crippen LogP contribution in [0.15, 0.2) is 24.3 Å². The van der Waals surface area contributed by atoms with Crippen molar-refractivity contribution in [1.29, 1.82) is 0 Å². The molecule has 3 aliphatic carbocycles. The first kappa shape index (κ1) is 22.1. The van der Waals surface area contributed by atoms with E-state index in [0.29, 0.717) is 18.3 Å². The number of rotatable bonds is 7. The van der Waals surface area contributed by atoms with Gasteiger partial charge in [0.25, 0.3) is 0 Å². The highest BCUT2D eigenvalue weighted by Gasteiger charge is 2.66. The molecule has 0 aromatic rings. The molecule has 1 spiro atoms. The Bertz CT molecular complexity index is 710. The van der Waals surface area contributed by atoms with E-state index in [1.807, 2.05) is 13.8 Å². The molecule has 1 N–H and O–H groups in total. The van der Waals surface area contributed by atoms with E-state index in [9.17, 15) is 14.7 Å². The lowest BCUT2D eigenvalue weighted by atomic mass is 9.45. The van der Waals surface area contributed by atoms with Crippen molar-refractivity contribution in [3.8, 4) is 0 Å². The number of ether oxygens (including phenoxy) is 1. The van der Waals surface area contributed by atoms with Gasteiger partial charge in [-0.1, -0.05) is 45.1 Å². The Hall–Kier alpha value is -1.58. The van der Waals surface area contributed by atoms with Gasteiger partial charge in [-0.3, -0.25) is 9.59 Å². The summed E-state index contributed by atoms with van der Waals surface area (Å²) in [5.74, 6) is -0.0279. The Balaban J connectivity index is 1.99. The summed E-state index contributed by atoms with van der Waals surface area (Å²) >= 11 is 0. The van der Waals surface area contributed by atoms with Crippen LogP contribution >= 0.6 is 0 Å². The minimum Gasteiger partial charge on any atom is -0.481 e. The maximum absolute atomic E-state index is 12.7. The van der Waals surface area contributed by atoms with Gasteiger partial charge in [-0.05, 0) is 69.1 Å². The van der Waals surface area contributed by atoms with Gasteiger partial charge in [0, 0.05) is 17.8 Å². The first-order valence-electron chi connectivity index (χ1n) is 11.3. The van der Waals surface area contributed by atoms with Crippen molar-refractivity contribution < 1.29 is 19.4 Å². The largest absolute Gasteiger partial charge is 0.481 e. The molecule has 3 rings (SSSR count). The molecule has 4 heteroatoms. The fourth-order valence-electron chi connectivity index (χ4n) is 7.10. The quantitative estimate of drug-likeness (QED) is 0.433. The number of carboxylic acid groups (broad SMARTS) is 1. The summed E-state index contributed by atoms with van der Waals surface area (Å²) in [6.45, 7) is 17.0. The number of carbonyl (C=O) groups is 2. The van der Waals surface area contributed by atoms with Gasteiger partial charge in [0.2, 0.25) is 0 Å². The van der Waals surface area contributed by atoms with Crippen LogP contribution < -0.4 is 0 Å². The molecule has 162 valence electrons. The zero-order chi connectivity index (χ0) is 21.6. The maximum Gasteiger partial charge on any atom is 0.308 e. The monoisotopic (exact) mass is 402 g/mol. The van der Waals surface area contributed by atoms with Crippen molar-refractivity contribution in [3.05, 3.63) is 24.3 Å². The predicted octanol–water partition coefficient (Wildman–Crippen LogP) is 5.77. The smallest absolute Gasteiger partial charge is 0.308 e. The van der Waals surface area contributed by atoms with Crippen LogP contribution in [-0.2, 0) is 14.3 Å². The average Bonchev–Trinajstić information content (AvgIpc) is 2.80. The summed E-state index contributed by atoms with van der Waals surface area (Å²) in [6, 6.07) is 0. The lowest BCUT2D eigenvalue weighted by molar-refractivity contribution is -0.186. The van der Waals surface area contributed by atoms with Crippen LogP contribution in [0.5, 0.6) is 0 Å². The van der Waals surface area contributed by atoms with E-state index in [1.54, 1.807) is 0 Å². The van der Waals surface area contributed by atoms with E-state index in [1.165, 1.54) is 5.57 Å². The van der Waals surface area contributed by atoms with Gasteiger partial charge in [0.1, 0.15) is 6.10 Å². The average molecular weight is 403 g/mol. The Morgan fingerprint density at radius 3 is 2.59 bits per heavy atom. The van der Waals surface area contributed by atoms with E-state index in [4.69, 9.17) is 4.74 Å². The van der Waals surface area contributed by atoms with E-state index in [0.717, 1.165) is 44.1 Å². The molecule has 3 saturated carbocycles. The van der Waals surface area contributed by atoms with Crippen molar-refractivity contribution in [1.82, 2.24) is 0 Å². The van der Waals surface area contributed by atoms with Gasteiger partial charge in [-0.15, -0.1) is 0 Å². The third-order valence-corrected chi connectivity index (χ3v) is 8.69. The molecule has 3 aliphatic rings. The van der Waals surface area contributed by atoms with Crippen LogP contribution in [0.25, 0.3) is 0 Å². The number of fused-ring (bicyclic) bond motifs is 1. The van der Waals surface area contributed by atoms with Crippen molar-refractivity contribution in [2.75, 3.05) is 0 Å². The molecule has 0 radical (unpaired) electrons. The third kappa shape index (κ3) is 3.57. The Morgan fingerprint density at radius 1 is 1.31 bits per heavy atom. The van der Waals surface area contributed by atoms with Gasteiger partial charge >= 0.3 is 11.9 Å². The summed E-state index contributed by atoms with van der Waals surface area (Å²) in [5, 5.41) is 9.40. The van der Waals surface area contributed by atoms with Crippen LogP contribution in [0.3, 0.4) is 0 Å². The molecule has 4 nitrogen and oxygen atoms in total. The standard InChI is InChI=1S/C25H38O4/c1-7-16(4)23(28)29-22-18-8-9-20-24(6,12-11-21(26)27)19(15(2)3)10-13-25(20,22)14-17(18)5/h16,18-20,22H,2,5,7-14H2,1,3-4,6H3,(H,26,27)/t16?,18-,19+,20-,22?,24+,25-/m0/s1. The number of hydrogen-bond acceptors (Lipinski definition) is 3. The maximum atomic E-state index is 12.7. The van der Waals surface area contributed by atoms with E-state index in [-0.39, 0.29) is 41.2 Å². The second-order valence-electron chi connectivity index (χ2n) is 10.3. The Kier molecular flexibility index (Phi) is 6.04. The van der Waals surface area contributed by atoms with E-state index < -0.39 is 5.97 Å². The molecule has 2 unspecified atom stereocenters. The van der Waals surface area contributed by atoms with E-state index in [2.05, 4.69) is 27.0 Å². The van der Waals surface area contributed by atoms with Gasteiger partial charge in [-0.25, -0.2) is 0 Å². The zero-order valence-electron chi connectivity index (χ0n) is 18.6. The first-order chi connectivity index (χ1) is 13.6. The van der Waals surface area contributed by atoms with Crippen molar-refractivity contribution >= 4 is 11.9 Å². The SMILES string of the molecule is C=C(C)[C@H]1CC[C@]23CC(=C)[C@H](CC[C@H]2[C@]1(C)CCC(=O)O)C3OC(=O)C(C)CC. The number of aliphatic carboxylic acids is 1. The molecule has 3 fully saturated rings. The Morgan fingerprint density at radius 2 is 2.00 bits per heavy atom. The summed E-state index contributed by atoms with van der Waals surface area (Å²) in [5.41, 5.74) is 2.14. The molecule has 0 aliphatic heterocycles. The fraction of sp³-hybridized carbons (Fsp3) is 0.760. The lowest BCUT2D eigenvalue weighted by Gasteiger charge is -2.60. The highest BCUT2D eigenvalue weighted by Crippen LogP contribution is 2.70. The highest BCUT2D eigenvalue weighted by molar-refractivity contribution is 5.72. The molecule has 0 aromatic carbocycles. The minimum atomic E-state index is -0.740. The molecular formula is C25H38O4. The summed E-state index contributed by atoms with van der Waals surface area (Å²) in [7, 11) is 0. The molecule has 2 bridgehead atoms. The summed E-state index contributed by atoms with van der Waals surface area (Å²) in [4.78, 5) is 24.2. The molecular weight excluding hydrogens is 364 g/mol. The predicted molar refractivity (Wildman–Crippen MR) is 114 cm³/mol. The lowest BCUT2D eigenvalue weighted by Crippen LogP contribution is -2.57. The number of carbonyl (C=O) groups excluding carboxylic acids is 1. The van der Waals surface area contributed by atoms with Crippen LogP contribution in [-0.4, -0.2) is 23.1 Å². The minimum absolute atomic E-state index is 0.0912. The van der Waals surface area contributed by atoms with Crippen LogP contribution in [0.4, 0.5) is 0 Å². The van der Waals surface area contributed by atoms with Gasteiger partial charge < -0.3 is 9.84 Å². The molecule has 0 saturated heterocycles. The molecule has 7 atom stereocenters. The summed E-state index contributed by atoms with van der Waals surface area (Å²) < 4.78 is 6.24. The van der Waals surface area contributed by atoms with E-state index >= 15 is 0 Å². The number of hydrogen-bond donors (Lipinski definition) is 1. The molecule has 0 aromatic heterocycles. The molecule has 0 heterocycles. The van der Waals surface area contributed by atoms with Gasteiger partial charge in [0.15, 0.2) is 0 Å². The molecule has 0 amide bonds. The summed E-state index contributed by atoms with van der Waals surface area (Å²) in [6.07, 6.45) is 6.44. The van der Waals surface area contributed by atoms with Crippen molar-refractivity contribution in [2.45, 2.75) is 85.2 Å². The Labute approximate surface area is 175 Å². The number of carboxylic acids is 1. The van der Waals surface area contributed by atoms with Crippen LogP contribution in [0.1, 0.15) is 79.1 Å². The second kappa shape index (κ2) is 7.92. The van der Waals surface area contributed by atoms with Gasteiger partial charge in [0.05, 0.1) is 5.92 Å². The molecule has 29 heavy (non-hydrogen) atoms. The zero-order valence-corrected chi connectivity index (χ0v) is 18.6. The fourth-order valence-corrected chi connectivity index (χ4v) is 7.10. The number of esters is 1. The third-order valence-electron chi connectivity index (χ3n) is 8.69. The second-order valence-corrected chi connectivity index (χ2v) is 10.3. The number of allylic oxidation sites excluding steroid dienone is 1. The van der Waals surface area contributed by atoms with Crippen molar-refractivity contribution in [3.63, 3.8) is 0 Å². The topological polar surface area (TPSA) is 63.6 Å². The first-order valence-corrected chi connectivity index (χ1v) is 11.3. The van der Waals surface area contributed by atoms with Crippen molar-refractivity contribution in [2.24, 2.45) is 34.5 Å². The highest BCUT2D eigenvalue weighted by atomic mass is 16.5. The van der Waals surface area contributed by atoms with Crippen LogP contribution in [0, 0.1) is 34.5 Å². The van der Waals surface area contributed by atoms with Gasteiger partial charge in [-0.2, -0.15) is 0 Å². The normalized spacial score (nSPS) is 39.5. The van der Waals surface area contributed by atoms with Crippen LogP contribution in [0.2, 0.25) is 0 Å².